The molecule has 7 aromatic rings. The van der Waals surface area contributed by atoms with Gasteiger partial charge in [0.05, 0.1) is 22.6 Å². The minimum atomic E-state index is -1.03. The van der Waals surface area contributed by atoms with E-state index in [2.05, 4.69) is 237 Å². The van der Waals surface area contributed by atoms with Crippen LogP contribution in [0.4, 0.5) is 17.1 Å². The summed E-state index contributed by atoms with van der Waals surface area (Å²) in [5.74, 6) is -0.0438. The van der Waals surface area contributed by atoms with Gasteiger partial charge in [0.2, 0.25) is 5.69 Å². The van der Waals surface area contributed by atoms with E-state index in [1.54, 1.807) is 0 Å². The Morgan fingerprint density at radius 2 is 1.11 bits per heavy atom. The molecule has 4 heteroatoms. The average molecular weight is 827 g/mol. The molecule has 0 saturated carbocycles. The van der Waals surface area contributed by atoms with Crippen molar-refractivity contribution in [3.63, 3.8) is 0 Å². The highest BCUT2D eigenvalue weighted by Crippen LogP contribution is 2.68. The van der Waals surface area contributed by atoms with E-state index in [4.69, 9.17) is 4.74 Å². The number of ether oxygens (including phenoxy) is 1. The lowest BCUT2D eigenvalue weighted by Gasteiger charge is -2.49. The van der Waals surface area contributed by atoms with E-state index in [1.165, 1.54) is 89.4 Å². The minimum Gasteiger partial charge on any atom is -0.410 e. The van der Waals surface area contributed by atoms with Gasteiger partial charge in [-0.05, 0) is 91.4 Å². The van der Waals surface area contributed by atoms with Gasteiger partial charge >= 0.3 is 5.85 Å². The van der Waals surface area contributed by atoms with Crippen LogP contribution >= 0.6 is 0 Å². The molecule has 316 valence electrons. The summed E-state index contributed by atoms with van der Waals surface area (Å²) in [6.45, 7) is 28.0. The molecular weight excluding hydrogens is 767 g/mol. The first-order valence-electron chi connectivity index (χ1n) is 22.9. The zero-order valence-corrected chi connectivity index (χ0v) is 39.1. The number of hydrogen-bond acceptors (Lipinski definition) is 3. The average Bonchev–Trinajstić information content (AvgIpc) is 3.73. The molecule has 1 spiro atoms. The summed E-state index contributed by atoms with van der Waals surface area (Å²) in [5, 5.41) is 0. The van der Waals surface area contributed by atoms with Crippen LogP contribution in [0.1, 0.15) is 123 Å². The Kier molecular flexibility index (Phi) is 8.17. The van der Waals surface area contributed by atoms with Gasteiger partial charge in [-0.15, -0.1) is 4.57 Å². The maximum Gasteiger partial charge on any atom is 0.432 e. The van der Waals surface area contributed by atoms with Crippen LogP contribution in [0.15, 0.2) is 140 Å². The highest BCUT2D eigenvalue weighted by molar-refractivity contribution is 6.03. The van der Waals surface area contributed by atoms with Crippen molar-refractivity contribution >= 4 is 17.1 Å². The predicted molar refractivity (Wildman–Crippen MR) is 261 cm³/mol. The van der Waals surface area contributed by atoms with Gasteiger partial charge in [0.1, 0.15) is 17.5 Å². The number of benzene rings is 6. The van der Waals surface area contributed by atoms with E-state index < -0.39 is 5.85 Å². The minimum absolute atomic E-state index is 0.0305. The molecule has 11 rings (SSSR count). The number of pyridine rings is 1. The maximum absolute atomic E-state index is 8.16. The number of para-hydroxylation sites is 1. The standard InChI is InChI=1S/C59H60N3O/c1-55(2,3)39-26-27-48(43(31-39)37-22-17-14-18-23-37)61-49-25-19-24-42-44-32-40(56(4,5)6)33-45-50-30-38(36-20-15-13-16-21-36)28-29-60(50)59(51(44)45)62(52(42)49)54(61)46-34-41(57(7,8)9)35-47(53(46)63-59)58(10,11)12/h13-35,54H,1-12H3/q+1. The van der Waals surface area contributed by atoms with Crippen LogP contribution in [0.2, 0.25) is 0 Å². The van der Waals surface area contributed by atoms with Crippen LogP contribution in [0, 0.1) is 0 Å². The second kappa shape index (κ2) is 13.0. The van der Waals surface area contributed by atoms with E-state index in [9.17, 15) is 0 Å². The van der Waals surface area contributed by atoms with Crippen molar-refractivity contribution in [3.8, 4) is 50.4 Å². The van der Waals surface area contributed by atoms with E-state index in [0.29, 0.717) is 0 Å². The van der Waals surface area contributed by atoms with Gasteiger partial charge in [-0.2, -0.15) is 0 Å². The summed E-state index contributed by atoms with van der Waals surface area (Å²) in [4.78, 5) is 5.34. The molecular formula is C59H60N3O+. The lowest BCUT2D eigenvalue weighted by Crippen LogP contribution is -2.71. The van der Waals surface area contributed by atoms with Crippen molar-refractivity contribution in [1.29, 1.82) is 0 Å². The van der Waals surface area contributed by atoms with Gasteiger partial charge in [-0.1, -0.05) is 168 Å². The lowest BCUT2D eigenvalue weighted by atomic mass is 9.77. The third kappa shape index (κ3) is 5.69. The summed E-state index contributed by atoms with van der Waals surface area (Å²) in [5.41, 5.74) is 20.5. The molecule has 0 aliphatic carbocycles. The zero-order valence-electron chi connectivity index (χ0n) is 39.1. The SMILES string of the molecule is CC(C)(C)c1ccc(N2c3cccc4c3N3C2c2cc(C(C)(C)C)cc(C(C)(C)C)c2OC32c3c-4cc(C(C)(C)C)cc3-c3cc(-c4ccccc4)cc[n+]32)c(-c2ccccc2)c1. The normalized spacial score (nSPS) is 18.1. The van der Waals surface area contributed by atoms with E-state index in [0.717, 1.165) is 11.4 Å². The number of aromatic nitrogens is 1. The molecule has 0 amide bonds. The third-order valence-corrected chi connectivity index (χ3v) is 14.1. The Hall–Kier alpha value is -6.13. The first-order valence-corrected chi connectivity index (χ1v) is 22.9. The van der Waals surface area contributed by atoms with Crippen LogP contribution in [0.5, 0.6) is 5.75 Å². The van der Waals surface area contributed by atoms with Gasteiger partial charge in [-0.25, -0.2) is 4.90 Å². The fraction of sp³-hybridized carbons (Fsp3) is 0.305. The van der Waals surface area contributed by atoms with E-state index in [1.807, 2.05) is 0 Å². The summed E-state index contributed by atoms with van der Waals surface area (Å²) < 4.78 is 10.6. The van der Waals surface area contributed by atoms with Crippen molar-refractivity contribution < 1.29 is 9.30 Å². The molecule has 0 saturated heterocycles. The van der Waals surface area contributed by atoms with Crippen LogP contribution in [0.25, 0.3) is 44.6 Å². The molecule has 6 aromatic carbocycles. The second-order valence-corrected chi connectivity index (χ2v) is 22.5. The smallest absolute Gasteiger partial charge is 0.410 e. The molecule has 0 bridgehead atoms. The van der Waals surface area contributed by atoms with Gasteiger partial charge < -0.3 is 9.64 Å². The molecule has 2 unspecified atom stereocenters. The topological polar surface area (TPSA) is 19.6 Å². The van der Waals surface area contributed by atoms with Crippen LogP contribution in [0.3, 0.4) is 0 Å². The summed E-state index contributed by atoms with van der Waals surface area (Å²) >= 11 is 0. The van der Waals surface area contributed by atoms with Crippen molar-refractivity contribution in [3.05, 3.63) is 173 Å². The first kappa shape index (κ1) is 39.7. The fourth-order valence-corrected chi connectivity index (χ4v) is 10.7. The van der Waals surface area contributed by atoms with Gasteiger partial charge in [0.15, 0.2) is 6.20 Å². The number of fused-ring (bicyclic) bond motifs is 5. The Morgan fingerprint density at radius 1 is 0.492 bits per heavy atom. The fourth-order valence-electron chi connectivity index (χ4n) is 10.7. The Labute approximate surface area is 374 Å². The van der Waals surface area contributed by atoms with E-state index in [-0.39, 0.29) is 27.8 Å². The van der Waals surface area contributed by atoms with Crippen LogP contribution < -0.4 is 19.1 Å². The summed E-state index contributed by atoms with van der Waals surface area (Å²) in [7, 11) is 0. The molecule has 4 aliphatic rings. The molecule has 2 atom stereocenters. The molecule has 4 aliphatic heterocycles. The monoisotopic (exact) mass is 826 g/mol. The van der Waals surface area contributed by atoms with Crippen LogP contribution in [-0.4, -0.2) is 0 Å². The van der Waals surface area contributed by atoms with Crippen molar-refractivity contribution in [2.45, 2.75) is 117 Å². The number of hydrogen-bond donors (Lipinski definition) is 0. The molecule has 1 aromatic heterocycles. The molecule has 4 nitrogen and oxygen atoms in total. The molecule has 0 fully saturated rings. The van der Waals surface area contributed by atoms with E-state index >= 15 is 0 Å². The van der Waals surface area contributed by atoms with Gasteiger partial charge in [0, 0.05) is 39.9 Å². The highest BCUT2D eigenvalue weighted by atomic mass is 16.5. The highest BCUT2D eigenvalue weighted by Gasteiger charge is 2.70. The van der Waals surface area contributed by atoms with Crippen molar-refractivity contribution in [2.24, 2.45) is 0 Å². The number of anilines is 3. The van der Waals surface area contributed by atoms with Crippen molar-refractivity contribution in [2.75, 3.05) is 9.80 Å². The molecule has 0 radical (unpaired) electrons. The number of rotatable bonds is 3. The largest absolute Gasteiger partial charge is 0.432 e. The third-order valence-electron chi connectivity index (χ3n) is 14.1. The maximum atomic E-state index is 8.16. The quantitative estimate of drug-likeness (QED) is 0.165. The van der Waals surface area contributed by atoms with Crippen molar-refractivity contribution in [1.82, 2.24) is 0 Å². The van der Waals surface area contributed by atoms with Crippen LogP contribution in [-0.2, 0) is 27.5 Å². The van der Waals surface area contributed by atoms with Gasteiger partial charge in [0.25, 0.3) is 0 Å². The Bertz CT molecular complexity index is 3030. The second-order valence-electron chi connectivity index (χ2n) is 22.5. The molecule has 5 heterocycles. The molecule has 0 N–H and O–H groups in total. The van der Waals surface area contributed by atoms with Gasteiger partial charge in [-0.3, -0.25) is 0 Å². The summed E-state index contributed by atoms with van der Waals surface area (Å²) in [6, 6.07) is 50.6. The predicted octanol–water partition coefficient (Wildman–Crippen LogP) is 14.9. The lowest BCUT2D eigenvalue weighted by molar-refractivity contribution is -0.774. The first-order chi connectivity index (χ1) is 29.8. The Morgan fingerprint density at radius 3 is 1.76 bits per heavy atom. The number of nitrogens with zero attached hydrogens (tertiary/aromatic N) is 3. The zero-order chi connectivity index (χ0) is 44.2. The Balaban J connectivity index is 1.31. The summed E-state index contributed by atoms with van der Waals surface area (Å²) in [6.07, 6.45) is 2.07. The molecule has 63 heavy (non-hydrogen) atoms.